The van der Waals surface area contributed by atoms with E-state index in [4.69, 9.17) is 15.9 Å². The minimum Gasteiger partial charge on any atom is -0.358 e. The summed E-state index contributed by atoms with van der Waals surface area (Å²) in [5.74, 6) is -1.06. The van der Waals surface area contributed by atoms with E-state index in [1.54, 1.807) is 0 Å². The van der Waals surface area contributed by atoms with E-state index in [-0.39, 0.29) is 0 Å². The monoisotopic (exact) mass is 297 g/mol. The number of nitro groups is 1. The molecule has 0 aliphatic carbocycles. The van der Waals surface area contributed by atoms with Gasteiger partial charge in [-0.25, -0.2) is 17.2 Å². The number of nitriles is 1. The van der Waals surface area contributed by atoms with Gasteiger partial charge in [0, 0.05) is 10.7 Å². The van der Waals surface area contributed by atoms with Gasteiger partial charge in [0.05, 0.1) is 11.6 Å². The number of pyridine rings is 1. The number of aromatic nitrogens is 1. The maximum absolute atomic E-state index is 12.6. The highest BCUT2D eigenvalue weighted by Gasteiger charge is 2.33. The number of hydrogen-bond acceptors (Lipinski definition) is 6. The summed E-state index contributed by atoms with van der Waals surface area (Å²) in [5.41, 5.74) is -2.28. The molecular weight excluding hydrogens is 296 g/mol. The van der Waals surface area contributed by atoms with Gasteiger partial charge in [-0.05, 0) is 9.91 Å². The van der Waals surface area contributed by atoms with Crippen molar-refractivity contribution in [3.8, 4) is 6.07 Å². The quantitative estimate of drug-likeness (QED) is 0.477. The molecule has 0 aliphatic heterocycles. The second kappa shape index (κ2) is 4.79. The average Bonchev–Trinajstić information content (AvgIpc) is 2.25. The number of alkyl halides is 2. The van der Waals surface area contributed by atoms with Crippen molar-refractivity contribution >= 4 is 25.6 Å². The first-order chi connectivity index (χ1) is 8.18. The van der Waals surface area contributed by atoms with Crippen LogP contribution in [0.15, 0.2) is 11.0 Å². The van der Waals surface area contributed by atoms with Crippen molar-refractivity contribution in [1.82, 2.24) is 4.98 Å². The minimum atomic E-state index is -4.68. The van der Waals surface area contributed by atoms with Crippen LogP contribution in [0, 0.1) is 21.4 Å². The highest BCUT2D eigenvalue weighted by Crippen LogP contribution is 2.32. The maximum Gasteiger partial charge on any atom is 0.365 e. The Balaban J connectivity index is 3.81. The molecule has 96 valence electrons. The van der Waals surface area contributed by atoms with E-state index in [0.717, 1.165) is 0 Å². The Labute approximate surface area is 103 Å². The van der Waals surface area contributed by atoms with E-state index < -0.39 is 42.4 Å². The number of halogens is 3. The predicted molar refractivity (Wildman–Crippen MR) is 53.6 cm³/mol. The Morgan fingerprint density at radius 3 is 2.44 bits per heavy atom. The SMILES string of the molecule is N#Cc1cc([N+](=O)[O-])nc(C(F)F)c1S(=O)(=O)Cl. The molecule has 0 aliphatic rings. The van der Waals surface area contributed by atoms with Gasteiger partial charge in [0.25, 0.3) is 9.05 Å². The topological polar surface area (TPSA) is 114 Å². The lowest BCUT2D eigenvalue weighted by Gasteiger charge is -2.03. The van der Waals surface area contributed by atoms with E-state index >= 15 is 0 Å². The summed E-state index contributed by atoms with van der Waals surface area (Å²) < 4.78 is 47.4. The Bertz CT molecular complexity index is 655. The van der Waals surface area contributed by atoms with Gasteiger partial charge in [-0.15, -0.1) is 0 Å². The Morgan fingerprint density at radius 2 is 2.11 bits per heavy atom. The van der Waals surface area contributed by atoms with Crippen LogP contribution in [-0.2, 0) is 9.05 Å². The van der Waals surface area contributed by atoms with Crippen LogP contribution in [0.2, 0.25) is 0 Å². The van der Waals surface area contributed by atoms with Crippen molar-refractivity contribution in [3.63, 3.8) is 0 Å². The summed E-state index contributed by atoms with van der Waals surface area (Å²) in [6, 6.07) is 1.71. The molecule has 0 spiro atoms. The van der Waals surface area contributed by atoms with E-state index in [1.807, 2.05) is 0 Å². The van der Waals surface area contributed by atoms with Gasteiger partial charge >= 0.3 is 12.2 Å². The molecule has 0 unspecified atom stereocenters. The van der Waals surface area contributed by atoms with Crippen molar-refractivity contribution < 1.29 is 22.1 Å². The van der Waals surface area contributed by atoms with Gasteiger partial charge in [-0.2, -0.15) is 5.26 Å². The minimum absolute atomic E-state index is 0.459. The third-order valence-corrected chi connectivity index (χ3v) is 3.12. The molecule has 1 aromatic heterocycles. The normalized spacial score (nSPS) is 11.3. The zero-order valence-corrected chi connectivity index (χ0v) is 9.74. The highest BCUT2D eigenvalue weighted by molar-refractivity contribution is 8.13. The smallest absolute Gasteiger partial charge is 0.358 e. The number of hydrogen-bond donors (Lipinski definition) is 0. The van der Waals surface area contributed by atoms with Crippen molar-refractivity contribution in [2.75, 3.05) is 0 Å². The van der Waals surface area contributed by atoms with Crippen LogP contribution < -0.4 is 0 Å². The molecule has 0 saturated heterocycles. The first-order valence-corrected chi connectivity index (χ1v) is 6.31. The summed E-state index contributed by atoms with van der Waals surface area (Å²) in [6.45, 7) is 0. The van der Waals surface area contributed by atoms with E-state index in [1.165, 1.54) is 6.07 Å². The third-order valence-electron chi connectivity index (χ3n) is 1.74. The fourth-order valence-corrected chi connectivity index (χ4v) is 2.36. The molecule has 18 heavy (non-hydrogen) atoms. The van der Waals surface area contributed by atoms with E-state index in [2.05, 4.69) is 4.98 Å². The van der Waals surface area contributed by atoms with Gasteiger partial charge in [0.2, 0.25) is 5.69 Å². The first kappa shape index (κ1) is 14.2. The molecule has 0 amide bonds. The Morgan fingerprint density at radius 1 is 1.56 bits per heavy atom. The summed E-state index contributed by atoms with van der Waals surface area (Å²) in [5, 5.41) is 19.0. The molecule has 0 saturated carbocycles. The zero-order valence-electron chi connectivity index (χ0n) is 8.17. The maximum atomic E-state index is 12.6. The van der Waals surface area contributed by atoms with E-state index in [0.29, 0.717) is 6.07 Å². The lowest BCUT2D eigenvalue weighted by atomic mass is 10.2. The van der Waals surface area contributed by atoms with Crippen LogP contribution >= 0.6 is 10.7 Å². The van der Waals surface area contributed by atoms with Crippen molar-refractivity contribution in [2.24, 2.45) is 0 Å². The number of nitrogens with zero attached hydrogens (tertiary/aromatic N) is 3. The standard InChI is InChI=1S/C7H2ClF2N3O4S/c8-18(16,17)6-3(2-11)1-4(13(14)15)12-5(6)7(9)10/h1,7H. The van der Waals surface area contributed by atoms with Gasteiger partial charge < -0.3 is 10.1 Å². The Kier molecular flexibility index (Phi) is 3.78. The lowest BCUT2D eigenvalue weighted by molar-refractivity contribution is -0.389. The third kappa shape index (κ3) is 2.69. The second-order valence-corrected chi connectivity index (χ2v) is 5.35. The molecular formula is C7H2ClF2N3O4S. The van der Waals surface area contributed by atoms with Gasteiger partial charge in [0.1, 0.15) is 6.07 Å². The molecule has 11 heteroatoms. The zero-order chi connectivity index (χ0) is 14.1. The fourth-order valence-electron chi connectivity index (χ4n) is 1.12. The van der Waals surface area contributed by atoms with Crippen molar-refractivity contribution in [2.45, 2.75) is 11.3 Å². The molecule has 0 fully saturated rings. The molecule has 1 heterocycles. The lowest BCUT2D eigenvalue weighted by Crippen LogP contribution is -2.07. The van der Waals surface area contributed by atoms with Crippen molar-refractivity contribution in [1.29, 1.82) is 5.26 Å². The molecule has 1 rings (SSSR count). The van der Waals surface area contributed by atoms with Crippen LogP contribution in [0.25, 0.3) is 0 Å². The van der Waals surface area contributed by atoms with E-state index in [9.17, 15) is 27.3 Å². The summed E-state index contributed by atoms with van der Waals surface area (Å²) in [6.07, 6.45) is -3.43. The van der Waals surface area contributed by atoms with Crippen molar-refractivity contribution in [3.05, 3.63) is 27.4 Å². The molecule has 7 nitrogen and oxygen atoms in total. The van der Waals surface area contributed by atoms with Gasteiger partial charge in [-0.3, -0.25) is 0 Å². The Hall–Kier alpha value is -1.86. The van der Waals surface area contributed by atoms with Crippen LogP contribution in [-0.4, -0.2) is 18.3 Å². The van der Waals surface area contributed by atoms with Crippen LogP contribution in [0.4, 0.5) is 14.6 Å². The molecule has 0 bridgehead atoms. The second-order valence-electron chi connectivity index (χ2n) is 2.85. The molecule has 0 radical (unpaired) electrons. The molecule has 1 aromatic rings. The molecule has 0 aromatic carbocycles. The largest absolute Gasteiger partial charge is 0.365 e. The summed E-state index contributed by atoms with van der Waals surface area (Å²) in [4.78, 5) is 11.0. The predicted octanol–water partition coefficient (Wildman–Crippen LogP) is 1.73. The highest BCUT2D eigenvalue weighted by atomic mass is 35.7. The molecule has 0 N–H and O–H groups in total. The fraction of sp³-hybridized carbons (Fsp3) is 0.143. The van der Waals surface area contributed by atoms with Crippen LogP contribution in [0.1, 0.15) is 17.7 Å². The van der Waals surface area contributed by atoms with Gasteiger partial charge in [0.15, 0.2) is 4.90 Å². The summed E-state index contributed by atoms with van der Waals surface area (Å²) >= 11 is 0. The average molecular weight is 298 g/mol. The first-order valence-electron chi connectivity index (χ1n) is 4.00. The van der Waals surface area contributed by atoms with Crippen LogP contribution in [0.3, 0.4) is 0 Å². The number of rotatable bonds is 3. The summed E-state index contributed by atoms with van der Waals surface area (Å²) in [7, 11) is 0.222. The van der Waals surface area contributed by atoms with Gasteiger partial charge in [-0.1, -0.05) is 0 Å². The van der Waals surface area contributed by atoms with Crippen LogP contribution in [0.5, 0.6) is 0 Å². The molecule has 0 atom stereocenters.